The van der Waals surface area contributed by atoms with Crippen LogP contribution in [0.15, 0.2) is 48.5 Å². The van der Waals surface area contributed by atoms with Gasteiger partial charge in [-0.3, -0.25) is 4.79 Å². The van der Waals surface area contributed by atoms with Gasteiger partial charge in [0.1, 0.15) is 0 Å². The number of anilines is 3. The highest BCUT2D eigenvalue weighted by Crippen LogP contribution is 2.30. The van der Waals surface area contributed by atoms with Crippen LogP contribution in [0.2, 0.25) is 0 Å². The highest BCUT2D eigenvalue weighted by Gasteiger charge is 2.29. The molecule has 0 unspecified atom stereocenters. The Balaban J connectivity index is 1.67. The molecule has 0 heterocycles. The van der Waals surface area contributed by atoms with Crippen molar-refractivity contribution < 1.29 is 4.79 Å². The Morgan fingerprint density at radius 2 is 1.71 bits per heavy atom. The minimum absolute atomic E-state index is 0.145. The number of para-hydroxylation sites is 1. The summed E-state index contributed by atoms with van der Waals surface area (Å²) in [6.07, 6.45) is 3.05. The fourth-order valence-electron chi connectivity index (χ4n) is 2.33. The van der Waals surface area contributed by atoms with Gasteiger partial charge in [-0.2, -0.15) is 0 Å². The SMILES string of the molecule is CCc1ccccc1Nc1ccc(NC(=O)C2CC2)cc1. The zero-order chi connectivity index (χ0) is 14.7. The van der Waals surface area contributed by atoms with Crippen molar-refractivity contribution in [1.82, 2.24) is 0 Å². The van der Waals surface area contributed by atoms with E-state index in [1.807, 2.05) is 30.3 Å². The number of nitrogens with one attached hydrogen (secondary N) is 2. The molecule has 3 nitrogen and oxygen atoms in total. The van der Waals surface area contributed by atoms with Crippen LogP contribution in [-0.2, 0) is 11.2 Å². The molecule has 1 aliphatic carbocycles. The molecule has 0 saturated heterocycles. The van der Waals surface area contributed by atoms with E-state index in [0.717, 1.165) is 36.3 Å². The molecular weight excluding hydrogens is 260 g/mol. The van der Waals surface area contributed by atoms with E-state index in [1.165, 1.54) is 5.56 Å². The molecule has 2 aromatic rings. The summed E-state index contributed by atoms with van der Waals surface area (Å²) in [5.74, 6) is 0.381. The first-order valence-electron chi connectivity index (χ1n) is 7.52. The number of benzene rings is 2. The van der Waals surface area contributed by atoms with Crippen LogP contribution in [0.25, 0.3) is 0 Å². The Bertz CT molecular complexity index is 630. The zero-order valence-electron chi connectivity index (χ0n) is 12.2. The minimum atomic E-state index is 0.145. The van der Waals surface area contributed by atoms with Crippen LogP contribution < -0.4 is 10.6 Å². The lowest BCUT2D eigenvalue weighted by molar-refractivity contribution is -0.117. The van der Waals surface area contributed by atoms with E-state index in [4.69, 9.17) is 0 Å². The third-order valence-corrected chi connectivity index (χ3v) is 3.78. The topological polar surface area (TPSA) is 41.1 Å². The van der Waals surface area contributed by atoms with Gasteiger partial charge in [-0.05, 0) is 55.2 Å². The summed E-state index contributed by atoms with van der Waals surface area (Å²) in [7, 11) is 0. The van der Waals surface area contributed by atoms with Crippen molar-refractivity contribution in [2.75, 3.05) is 10.6 Å². The molecule has 2 aromatic carbocycles. The molecule has 0 spiro atoms. The predicted octanol–water partition coefficient (Wildman–Crippen LogP) is 4.34. The lowest BCUT2D eigenvalue weighted by atomic mass is 10.1. The smallest absolute Gasteiger partial charge is 0.227 e. The summed E-state index contributed by atoms with van der Waals surface area (Å²) in [6, 6.07) is 16.2. The van der Waals surface area contributed by atoms with E-state index >= 15 is 0 Å². The summed E-state index contributed by atoms with van der Waals surface area (Å²) in [4.78, 5) is 11.7. The number of aryl methyl sites for hydroxylation is 1. The quantitative estimate of drug-likeness (QED) is 0.855. The van der Waals surface area contributed by atoms with Gasteiger partial charge in [-0.1, -0.05) is 25.1 Å². The largest absolute Gasteiger partial charge is 0.355 e. The second-order valence-corrected chi connectivity index (χ2v) is 5.48. The van der Waals surface area contributed by atoms with E-state index in [2.05, 4.69) is 35.8 Å². The Hall–Kier alpha value is -2.29. The molecule has 0 bridgehead atoms. The summed E-state index contributed by atoms with van der Waals surface area (Å²) >= 11 is 0. The van der Waals surface area contributed by atoms with Crippen molar-refractivity contribution in [2.24, 2.45) is 5.92 Å². The summed E-state index contributed by atoms with van der Waals surface area (Å²) in [6.45, 7) is 2.15. The molecule has 0 atom stereocenters. The summed E-state index contributed by atoms with van der Waals surface area (Å²) < 4.78 is 0. The van der Waals surface area contributed by atoms with Gasteiger partial charge in [-0.25, -0.2) is 0 Å². The zero-order valence-corrected chi connectivity index (χ0v) is 12.2. The first-order valence-corrected chi connectivity index (χ1v) is 7.52. The van der Waals surface area contributed by atoms with Gasteiger partial charge in [0.15, 0.2) is 0 Å². The standard InChI is InChI=1S/C18H20N2O/c1-2-13-5-3-4-6-17(13)19-15-9-11-16(12-10-15)20-18(21)14-7-8-14/h3-6,9-12,14,19H,2,7-8H2,1H3,(H,20,21). The van der Waals surface area contributed by atoms with E-state index in [0.29, 0.717) is 0 Å². The number of hydrogen-bond acceptors (Lipinski definition) is 2. The first-order chi connectivity index (χ1) is 10.3. The van der Waals surface area contributed by atoms with E-state index in [9.17, 15) is 4.79 Å². The van der Waals surface area contributed by atoms with E-state index in [-0.39, 0.29) is 11.8 Å². The van der Waals surface area contributed by atoms with Crippen molar-refractivity contribution in [1.29, 1.82) is 0 Å². The molecular formula is C18H20N2O. The second-order valence-electron chi connectivity index (χ2n) is 5.48. The molecule has 1 aliphatic rings. The number of carbonyl (C=O) groups is 1. The molecule has 108 valence electrons. The third kappa shape index (κ3) is 3.43. The molecule has 3 rings (SSSR count). The maximum atomic E-state index is 11.7. The molecule has 0 aliphatic heterocycles. The monoisotopic (exact) mass is 280 g/mol. The minimum Gasteiger partial charge on any atom is -0.355 e. The second kappa shape index (κ2) is 6.00. The van der Waals surface area contributed by atoms with Crippen LogP contribution in [0.5, 0.6) is 0 Å². The maximum Gasteiger partial charge on any atom is 0.227 e. The van der Waals surface area contributed by atoms with Gasteiger partial charge < -0.3 is 10.6 Å². The molecule has 2 N–H and O–H groups in total. The lowest BCUT2D eigenvalue weighted by Gasteiger charge is -2.11. The number of amides is 1. The molecule has 0 radical (unpaired) electrons. The first kappa shape index (κ1) is 13.7. The average Bonchev–Trinajstić information content (AvgIpc) is 3.34. The number of rotatable bonds is 5. The van der Waals surface area contributed by atoms with Crippen molar-refractivity contribution >= 4 is 23.0 Å². The van der Waals surface area contributed by atoms with Crippen molar-refractivity contribution in [3.8, 4) is 0 Å². The van der Waals surface area contributed by atoms with Crippen LogP contribution >= 0.6 is 0 Å². The predicted molar refractivity (Wildman–Crippen MR) is 86.9 cm³/mol. The van der Waals surface area contributed by atoms with Crippen LogP contribution in [-0.4, -0.2) is 5.91 Å². The Morgan fingerprint density at radius 1 is 1.05 bits per heavy atom. The molecule has 1 fully saturated rings. The Kier molecular flexibility index (Phi) is 3.91. The third-order valence-electron chi connectivity index (χ3n) is 3.78. The molecule has 1 saturated carbocycles. The molecule has 3 heteroatoms. The van der Waals surface area contributed by atoms with Gasteiger partial charge in [0, 0.05) is 23.0 Å². The van der Waals surface area contributed by atoms with Gasteiger partial charge >= 0.3 is 0 Å². The van der Waals surface area contributed by atoms with Gasteiger partial charge in [0.05, 0.1) is 0 Å². The van der Waals surface area contributed by atoms with Gasteiger partial charge in [0.25, 0.3) is 0 Å². The van der Waals surface area contributed by atoms with Crippen molar-refractivity contribution in [3.63, 3.8) is 0 Å². The summed E-state index contributed by atoms with van der Waals surface area (Å²) in [5.41, 5.74) is 4.32. The molecule has 0 aromatic heterocycles. The summed E-state index contributed by atoms with van der Waals surface area (Å²) in [5, 5.41) is 6.38. The highest BCUT2D eigenvalue weighted by molar-refractivity contribution is 5.94. The fourth-order valence-corrected chi connectivity index (χ4v) is 2.33. The van der Waals surface area contributed by atoms with Crippen LogP contribution in [0.1, 0.15) is 25.3 Å². The maximum absolute atomic E-state index is 11.7. The molecule has 1 amide bonds. The lowest BCUT2D eigenvalue weighted by Crippen LogP contribution is -2.13. The van der Waals surface area contributed by atoms with Crippen LogP contribution in [0.4, 0.5) is 17.1 Å². The fraction of sp³-hybridized carbons (Fsp3) is 0.278. The van der Waals surface area contributed by atoms with Crippen molar-refractivity contribution in [3.05, 3.63) is 54.1 Å². The van der Waals surface area contributed by atoms with Crippen molar-refractivity contribution in [2.45, 2.75) is 26.2 Å². The number of hydrogen-bond donors (Lipinski definition) is 2. The Labute approximate surface area is 125 Å². The normalized spacial score (nSPS) is 13.8. The van der Waals surface area contributed by atoms with Crippen LogP contribution in [0.3, 0.4) is 0 Å². The van der Waals surface area contributed by atoms with Gasteiger partial charge in [0.2, 0.25) is 5.91 Å². The average molecular weight is 280 g/mol. The molecule has 21 heavy (non-hydrogen) atoms. The number of carbonyl (C=O) groups excluding carboxylic acids is 1. The van der Waals surface area contributed by atoms with Crippen LogP contribution in [0, 0.1) is 5.92 Å². The van der Waals surface area contributed by atoms with E-state index in [1.54, 1.807) is 0 Å². The van der Waals surface area contributed by atoms with E-state index < -0.39 is 0 Å². The Morgan fingerprint density at radius 3 is 2.38 bits per heavy atom. The van der Waals surface area contributed by atoms with Gasteiger partial charge in [-0.15, -0.1) is 0 Å². The highest BCUT2D eigenvalue weighted by atomic mass is 16.2.